The summed E-state index contributed by atoms with van der Waals surface area (Å²) in [6, 6.07) is 9.97. The van der Waals surface area contributed by atoms with E-state index in [1.165, 1.54) is 36.6 Å². The molecule has 1 amide bonds. The van der Waals surface area contributed by atoms with Crippen molar-refractivity contribution in [1.82, 2.24) is 25.3 Å². The van der Waals surface area contributed by atoms with Crippen LogP contribution in [0.4, 0.5) is 23.1 Å². The average molecular weight is 474 g/mol. The van der Waals surface area contributed by atoms with Crippen LogP contribution in [-0.4, -0.2) is 32.9 Å². The molecular formula is C25H24ClN7O. The van der Waals surface area contributed by atoms with Gasteiger partial charge in [-0.1, -0.05) is 24.1 Å². The zero-order chi connectivity index (χ0) is 23.5. The van der Waals surface area contributed by atoms with E-state index in [2.05, 4.69) is 54.1 Å². The number of aryl methyl sites for hydroxylation is 2. The SMILES string of the molecule is CNC(=O)c1c(Nc2nc(Nc3ccc4c(c3)CCCCC4)ncc2Cl)ccc2nccnc12. The molecule has 8 nitrogen and oxygen atoms in total. The van der Waals surface area contributed by atoms with Gasteiger partial charge in [-0.15, -0.1) is 0 Å². The van der Waals surface area contributed by atoms with Crippen molar-refractivity contribution in [1.29, 1.82) is 0 Å². The topological polar surface area (TPSA) is 105 Å². The van der Waals surface area contributed by atoms with Gasteiger partial charge in [0.05, 0.1) is 23.0 Å². The van der Waals surface area contributed by atoms with E-state index in [0.717, 1.165) is 18.5 Å². The molecule has 1 aliphatic rings. The highest BCUT2D eigenvalue weighted by atomic mass is 35.5. The van der Waals surface area contributed by atoms with Gasteiger partial charge >= 0.3 is 0 Å². The van der Waals surface area contributed by atoms with Gasteiger partial charge in [0, 0.05) is 25.1 Å². The minimum Gasteiger partial charge on any atom is -0.355 e. The van der Waals surface area contributed by atoms with Crippen LogP contribution in [0, 0.1) is 0 Å². The molecule has 172 valence electrons. The summed E-state index contributed by atoms with van der Waals surface area (Å²) in [7, 11) is 1.57. The number of aromatic nitrogens is 4. The number of anilines is 4. The standard InChI is InChI=1S/C25H24ClN7O/c1-27-24(34)21-19(9-10-20-22(21)29-12-11-28-20)32-23-18(26)14-30-25(33-23)31-17-8-7-15-5-3-2-4-6-16(15)13-17/h7-14H,2-6H2,1H3,(H,27,34)(H2,30,31,32,33). The second-order valence-electron chi connectivity index (χ2n) is 8.18. The maximum atomic E-state index is 12.7. The third kappa shape index (κ3) is 4.49. The summed E-state index contributed by atoms with van der Waals surface area (Å²) in [4.78, 5) is 30.2. The number of benzene rings is 2. The molecule has 2 heterocycles. The maximum absolute atomic E-state index is 12.7. The highest BCUT2D eigenvalue weighted by Gasteiger charge is 2.18. The van der Waals surface area contributed by atoms with Crippen LogP contribution in [0.1, 0.15) is 40.7 Å². The molecule has 9 heteroatoms. The van der Waals surface area contributed by atoms with E-state index in [1.807, 2.05) is 0 Å². The van der Waals surface area contributed by atoms with Gasteiger partial charge in [-0.3, -0.25) is 14.8 Å². The van der Waals surface area contributed by atoms with Gasteiger partial charge in [0.15, 0.2) is 5.82 Å². The molecule has 0 atom stereocenters. The lowest BCUT2D eigenvalue weighted by atomic mass is 10.0. The third-order valence-corrected chi connectivity index (χ3v) is 6.22. The minimum atomic E-state index is -0.290. The molecule has 3 N–H and O–H groups in total. The van der Waals surface area contributed by atoms with Gasteiger partial charge in [-0.05, 0) is 61.1 Å². The second-order valence-corrected chi connectivity index (χ2v) is 8.58. The smallest absolute Gasteiger partial charge is 0.255 e. The van der Waals surface area contributed by atoms with E-state index >= 15 is 0 Å². The fourth-order valence-electron chi connectivity index (χ4n) is 4.26. The molecule has 5 rings (SSSR count). The Hall–Kier alpha value is -3.78. The number of nitrogens with one attached hydrogen (secondary N) is 3. The number of halogens is 1. The van der Waals surface area contributed by atoms with Crippen molar-refractivity contribution >= 4 is 51.7 Å². The maximum Gasteiger partial charge on any atom is 0.255 e. The first kappa shape index (κ1) is 22.0. The average Bonchev–Trinajstić information content (AvgIpc) is 3.10. The Morgan fingerprint density at radius 3 is 2.62 bits per heavy atom. The van der Waals surface area contributed by atoms with Crippen LogP contribution < -0.4 is 16.0 Å². The second kappa shape index (κ2) is 9.61. The quantitative estimate of drug-likeness (QED) is 0.342. The fraction of sp³-hybridized carbons (Fsp3) is 0.240. The zero-order valence-electron chi connectivity index (χ0n) is 18.7. The molecule has 0 unspecified atom stereocenters. The van der Waals surface area contributed by atoms with E-state index in [0.29, 0.717) is 39.1 Å². The molecule has 0 aliphatic heterocycles. The summed E-state index contributed by atoms with van der Waals surface area (Å²) in [6.07, 6.45) is 10.6. The molecule has 0 spiro atoms. The van der Waals surface area contributed by atoms with Gasteiger partial charge in [0.1, 0.15) is 10.5 Å². The van der Waals surface area contributed by atoms with Crippen LogP contribution in [0.5, 0.6) is 0 Å². The summed E-state index contributed by atoms with van der Waals surface area (Å²) in [5.74, 6) is 0.493. The van der Waals surface area contributed by atoms with E-state index in [4.69, 9.17) is 11.6 Å². The number of carbonyl (C=O) groups excluding carboxylic acids is 1. The van der Waals surface area contributed by atoms with E-state index < -0.39 is 0 Å². The summed E-state index contributed by atoms with van der Waals surface area (Å²) in [5.41, 5.74) is 5.71. The van der Waals surface area contributed by atoms with E-state index in [-0.39, 0.29) is 5.91 Å². The van der Waals surface area contributed by atoms with Crippen LogP contribution in [0.25, 0.3) is 11.0 Å². The van der Waals surface area contributed by atoms with E-state index in [1.54, 1.807) is 31.6 Å². The molecule has 4 aromatic rings. The Bertz CT molecular complexity index is 1370. The lowest BCUT2D eigenvalue weighted by Gasteiger charge is -2.14. The molecule has 0 saturated heterocycles. The summed E-state index contributed by atoms with van der Waals surface area (Å²) < 4.78 is 0. The minimum absolute atomic E-state index is 0.290. The van der Waals surface area contributed by atoms with Crippen molar-refractivity contribution in [3.8, 4) is 0 Å². The first-order chi connectivity index (χ1) is 16.6. The lowest BCUT2D eigenvalue weighted by Crippen LogP contribution is -2.20. The summed E-state index contributed by atoms with van der Waals surface area (Å²) in [6.45, 7) is 0. The number of fused-ring (bicyclic) bond motifs is 2. The molecular weight excluding hydrogens is 450 g/mol. The molecule has 0 fully saturated rings. The largest absolute Gasteiger partial charge is 0.355 e. The van der Waals surface area contributed by atoms with Crippen molar-refractivity contribution < 1.29 is 4.79 Å². The number of rotatable bonds is 5. The van der Waals surface area contributed by atoms with Gasteiger partial charge < -0.3 is 16.0 Å². The van der Waals surface area contributed by atoms with Crippen LogP contribution in [-0.2, 0) is 12.8 Å². The van der Waals surface area contributed by atoms with Crippen LogP contribution in [0.3, 0.4) is 0 Å². The molecule has 1 aliphatic carbocycles. The molecule has 0 bridgehead atoms. The van der Waals surface area contributed by atoms with Crippen LogP contribution >= 0.6 is 11.6 Å². The molecule has 0 saturated carbocycles. The van der Waals surface area contributed by atoms with Crippen LogP contribution in [0.2, 0.25) is 5.02 Å². The Labute approximate surface area is 202 Å². The summed E-state index contributed by atoms with van der Waals surface area (Å²) >= 11 is 6.40. The predicted molar refractivity (Wildman–Crippen MR) is 134 cm³/mol. The Kier molecular flexibility index (Phi) is 6.22. The highest BCUT2D eigenvalue weighted by Crippen LogP contribution is 2.30. The van der Waals surface area contributed by atoms with Gasteiger partial charge in [0.25, 0.3) is 5.91 Å². The highest BCUT2D eigenvalue weighted by molar-refractivity contribution is 6.33. The Balaban J connectivity index is 1.46. The third-order valence-electron chi connectivity index (χ3n) is 5.95. The Morgan fingerprint density at radius 1 is 0.941 bits per heavy atom. The van der Waals surface area contributed by atoms with Crippen molar-refractivity contribution in [3.05, 3.63) is 70.6 Å². The fourth-order valence-corrected chi connectivity index (χ4v) is 4.39. The predicted octanol–water partition coefficient (Wildman–Crippen LogP) is 5.19. The first-order valence-electron chi connectivity index (χ1n) is 11.3. The normalized spacial score (nSPS) is 13.1. The summed E-state index contributed by atoms with van der Waals surface area (Å²) in [5, 5.41) is 9.46. The van der Waals surface area contributed by atoms with Crippen molar-refractivity contribution in [2.45, 2.75) is 32.1 Å². The number of amides is 1. The van der Waals surface area contributed by atoms with Gasteiger partial charge in [-0.25, -0.2) is 4.98 Å². The number of carbonyl (C=O) groups is 1. The zero-order valence-corrected chi connectivity index (χ0v) is 19.5. The number of nitrogens with zero attached hydrogens (tertiary/aromatic N) is 4. The molecule has 2 aromatic heterocycles. The molecule has 34 heavy (non-hydrogen) atoms. The van der Waals surface area contributed by atoms with Crippen molar-refractivity contribution in [2.75, 3.05) is 17.7 Å². The van der Waals surface area contributed by atoms with Gasteiger partial charge in [0.2, 0.25) is 5.95 Å². The van der Waals surface area contributed by atoms with Crippen LogP contribution in [0.15, 0.2) is 48.9 Å². The van der Waals surface area contributed by atoms with Crippen molar-refractivity contribution in [3.63, 3.8) is 0 Å². The number of hydrogen-bond acceptors (Lipinski definition) is 7. The Morgan fingerprint density at radius 2 is 1.76 bits per heavy atom. The number of hydrogen-bond donors (Lipinski definition) is 3. The lowest BCUT2D eigenvalue weighted by molar-refractivity contribution is 0.0965. The van der Waals surface area contributed by atoms with Gasteiger partial charge in [-0.2, -0.15) is 4.98 Å². The van der Waals surface area contributed by atoms with Crippen molar-refractivity contribution in [2.24, 2.45) is 0 Å². The van der Waals surface area contributed by atoms with E-state index in [9.17, 15) is 4.79 Å². The monoisotopic (exact) mass is 473 g/mol. The molecule has 0 radical (unpaired) electrons. The first-order valence-corrected chi connectivity index (χ1v) is 11.6. The molecule has 2 aromatic carbocycles.